The van der Waals surface area contributed by atoms with Gasteiger partial charge in [-0.15, -0.1) is 0 Å². The van der Waals surface area contributed by atoms with E-state index in [0.29, 0.717) is 11.7 Å². The first-order valence-corrected chi connectivity index (χ1v) is 3.15. The van der Waals surface area contributed by atoms with Crippen LogP contribution < -0.4 is 0 Å². The monoisotopic (exact) mass is 150 g/mol. The van der Waals surface area contributed by atoms with Crippen molar-refractivity contribution in [1.82, 2.24) is 0 Å². The van der Waals surface area contributed by atoms with Crippen LogP contribution in [0, 0.1) is 0 Å². The van der Waals surface area contributed by atoms with Crippen LogP contribution in [0.5, 0.6) is 0 Å². The Kier molecular flexibility index (Phi) is 1.28. The fraction of sp³-hybridized carbons (Fsp3) is 0.333. The molecule has 0 saturated carbocycles. The van der Waals surface area contributed by atoms with Crippen molar-refractivity contribution in [2.45, 2.75) is 6.04 Å². The predicted octanol–water partition coefficient (Wildman–Crippen LogP) is -0.118. The maximum Gasteiger partial charge on any atom is 0.222 e. The lowest BCUT2D eigenvalue weighted by Gasteiger charge is -2.11. The van der Waals surface area contributed by atoms with Gasteiger partial charge < -0.3 is 4.74 Å². The molecule has 2 aliphatic rings. The molecule has 0 aromatic heterocycles. The lowest BCUT2D eigenvalue weighted by atomic mass is 10.3. The van der Waals surface area contributed by atoms with E-state index in [-0.39, 0.29) is 6.04 Å². The van der Waals surface area contributed by atoms with Crippen LogP contribution in [0.15, 0.2) is 20.0 Å². The Balaban J connectivity index is 2.35. The highest BCUT2D eigenvalue weighted by Gasteiger charge is 2.26. The van der Waals surface area contributed by atoms with E-state index >= 15 is 0 Å². The Morgan fingerprint density at radius 3 is 3.09 bits per heavy atom. The SMILES string of the molecule is COC1=NC=NC2=NC=NC21. The lowest BCUT2D eigenvalue weighted by Crippen LogP contribution is -2.29. The molecular weight excluding hydrogens is 144 g/mol. The summed E-state index contributed by atoms with van der Waals surface area (Å²) < 4.78 is 4.97. The minimum absolute atomic E-state index is 0.204. The summed E-state index contributed by atoms with van der Waals surface area (Å²) in [5.41, 5.74) is 0. The van der Waals surface area contributed by atoms with E-state index in [9.17, 15) is 0 Å². The van der Waals surface area contributed by atoms with Crippen molar-refractivity contribution in [3.63, 3.8) is 0 Å². The number of amidine groups is 1. The Labute approximate surface area is 63.2 Å². The molecule has 2 heterocycles. The zero-order valence-corrected chi connectivity index (χ0v) is 5.93. The van der Waals surface area contributed by atoms with Gasteiger partial charge in [0.15, 0.2) is 11.9 Å². The van der Waals surface area contributed by atoms with Crippen LogP contribution in [-0.4, -0.2) is 37.6 Å². The third-order valence-electron chi connectivity index (χ3n) is 1.47. The molecule has 5 heteroatoms. The van der Waals surface area contributed by atoms with Crippen LogP contribution in [0.1, 0.15) is 0 Å². The first kappa shape index (κ1) is 6.21. The normalized spacial score (nSPS) is 26.1. The Bertz CT molecular complexity index is 289. The molecule has 11 heavy (non-hydrogen) atoms. The smallest absolute Gasteiger partial charge is 0.222 e. The largest absolute Gasteiger partial charge is 0.482 e. The minimum atomic E-state index is -0.204. The average molecular weight is 150 g/mol. The summed E-state index contributed by atoms with van der Waals surface area (Å²) in [6, 6.07) is -0.204. The van der Waals surface area contributed by atoms with Crippen LogP contribution >= 0.6 is 0 Å². The summed E-state index contributed by atoms with van der Waals surface area (Å²) in [6.07, 6.45) is 2.89. The molecule has 0 saturated heterocycles. The van der Waals surface area contributed by atoms with Crippen molar-refractivity contribution >= 4 is 24.4 Å². The predicted molar refractivity (Wildman–Crippen MR) is 42.7 cm³/mol. The number of fused-ring (bicyclic) bond motifs is 1. The zero-order chi connectivity index (χ0) is 7.68. The molecule has 2 rings (SSSR count). The molecule has 0 aromatic rings. The van der Waals surface area contributed by atoms with Gasteiger partial charge in [0.1, 0.15) is 12.7 Å². The number of hydrogen-bond donors (Lipinski definition) is 0. The van der Waals surface area contributed by atoms with Gasteiger partial charge in [0.25, 0.3) is 0 Å². The third kappa shape index (κ3) is 0.849. The van der Waals surface area contributed by atoms with Crippen molar-refractivity contribution in [2.75, 3.05) is 7.11 Å². The van der Waals surface area contributed by atoms with E-state index in [1.165, 1.54) is 12.7 Å². The first-order valence-electron chi connectivity index (χ1n) is 3.15. The van der Waals surface area contributed by atoms with Crippen molar-refractivity contribution in [2.24, 2.45) is 20.0 Å². The van der Waals surface area contributed by atoms with E-state index in [1.807, 2.05) is 0 Å². The van der Waals surface area contributed by atoms with E-state index < -0.39 is 0 Å². The maximum atomic E-state index is 4.97. The molecule has 0 aromatic carbocycles. The summed E-state index contributed by atoms with van der Waals surface area (Å²) in [5.74, 6) is 1.20. The number of hydrogen-bond acceptors (Lipinski definition) is 5. The second-order valence-corrected chi connectivity index (χ2v) is 2.07. The number of ether oxygens (including phenoxy) is 1. The van der Waals surface area contributed by atoms with Gasteiger partial charge in [-0.05, 0) is 0 Å². The molecule has 2 aliphatic heterocycles. The van der Waals surface area contributed by atoms with Gasteiger partial charge >= 0.3 is 0 Å². The van der Waals surface area contributed by atoms with Crippen molar-refractivity contribution in [3.05, 3.63) is 0 Å². The highest BCUT2D eigenvalue weighted by atomic mass is 16.5. The highest BCUT2D eigenvalue weighted by Crippen LogP contribution is 2.08. The Morgan fingerprint density at radius 2 is 2.27 bits per heavy atom. The topological polar surface area (TPSA) is 58.7 Å². The van der Waals surface area contributed by atoms with Gasteiger partial charge in [-0.3, -0.25) is 4.99 Å². The summed E-state index contributed by atoms with van der Waals surface area (Å²) >= 11 is 0. The van der Waals surface area contributed by atoms with Crippen LogP contribution in [0.3, 0.4) is 0 Å². The molecule has 0 radical (unpaired) electrons. The fourth-order valence-electron chi connectivity index (χ4n) is 0.954. The number of rotatable bonds is 0. The second kappa shape index (κ2) is 2.26. The van der Waals surface area contributed by atoms with E-state index in [1.54, 1.807) is 7.11 Å². The standard InChI is InChI=1S/C6H6N4O/c1-11-6-4-5(8-2-7-4)9-3-10-6/h2-4H,1H3. The fourth-order valence-corrected chi connectivity index (χ4v) is 0.954. The van der Waals surface area contributed by atoms with E-state index in [4.69, 9.17) is 4.74 Å². The molecule has 1 unspecified atom stereocenters. The van der Waals surface area contributed by atoms with Crippen LogP contribution in [0.4, 0.5) is 0 Å². The van der Waals surface area contributed by atoms with Gasteiger partial charge in [0.2, 0.25) is 5.90 Å². The molecule has 0 aliphatic carbocycles. The van der Waals surface area contributed by atoms with Crippen LogP contribution in [0.25, 0.3) is 0 Å². The lowest BCUT2D eigenvalue weighted by molar-refractivity contribution is 0.391. The van der Waals surface area contributed by atoms with Crippen LogP contribution in [0.2, 0.25) is 0 Å². The molecule has 5 nitrogen and oxygen atoms in total. The molecule has 1 atom stereocenters. The summed E-state index contributed by atoms with van der Waals surface area (Å²) in [7, 11) is 1.56. The zero-order valence-electron chi connectivity index (χ0n) is 5.93. The van der Waals surface area contributed by atoms with Crippen LogP contribution in [-0.2, 0) is 4.74 Å². The molecule has 0 N–H and O–H groups in total. The quantitative estimate of drug-likeness (QED) is 0.475. The third-order valence-corrected chi connectivity index (χ3v) is 1.47. The molecule has 0 spiro atoms. The number of methoxy groups -OCH3 is 1. The van der Waals surface area contributed by atoms with Gasteiger partial charge in [0.05, 0.1) is 7.11 Å². The summed E-state index contributed by atoms with van der Waals surface area (Å²) in [4.78, 5) is 15.8. The highest BCUT2D eigenvalue weighted by molar-refractivity contribution is 6.18. The second-order valence-electron chi connectivity index (χ2n) is 2.07. The molecule has 56 valence electrons. The number of aliphatic imine (C=N–C) groups is 4. The Hall–Kier alpha value is -1.52. The van der Waals surface area contributed by atoms with Crippen molar-refractivity contribution < 1.29 is 4.74 Å². The van der Waals surface area contributed by atoms with Gasteiger partial charge in [-0.25, -0.2) is 15.0 Å². The summed E-state index contributed by atoms with van der Waals surface area (Å²) in [6.45, 7) is 0. The molecular formula is C6H6N4O. The maximum absolute atomic E-state index is 4.97. The van der Waals surface area contributed by atoms with E-state index in [0.717, 1.165) is 0 Å². The van der Waals surface area contributed by atoms with Gasteiger partial charge in [-0.1, -0.05) is 0 Å². The van der Waals surface area contributed by atoms with Gasteiger partial charge in [-0.2, -0.15) is 0 Å². The van der Waals surface area contributed by atoms with Crippen molar-refractivity contribution in [3.8, 4) is 0 Å². The molecule has 0 bridgehead atoms. The Morgan fingerprint density at radius 1 is 1.36 bits per heavy atom. The van der Waals surface area contributed by atoms with E-state index in [2.05, 4.69) is 20.0 Å². The minimum Gasteiger partial charge on any atom is -0.482 e. The molecule has 0 amide bonds. The first-order chi connectivity index (χ1) is 5.42. The number of nitrogens with zero attached hydrogens (tertiary/aromatic N) is 4. The average Bonchev–Trinajstić information content (AvgIpc) is 2.50. The summed E-state index contributed by atoms with van der Waals surface area (Å²) in [5, 5.41) is 0. The van der Waals surface area contributed by atoms with Gasteiger partial charge in [0, 0.05) is 0 Å². The molecule has 0 fully saturated rings. The van der Waals surface area contributed by atoms with Crippen molar-refractivity contribution in [1.29, 1.82) is 0 Å².